The second-order valence-electron chi connectivity index (χ2n) is 5.45. The second kappa shape index (κ2) is 5.51. The van der Waals surface area contributed by atoms with Crippen LogP contribution in [0.5, 0.6) is 0 Å². The number of hydrogen-bond donors (Lipinski definition) is 0. The molecule has 1 heterocycles. The Kier molecular flexibility index (Phi) is 4.65. The van der Waals surface area contributed by atoms with Crippen LogP contribution < -0.4 is 42.4 Å². The molecule has 1 saturated heterocycles. The summed E-state index contributed by atoms with van der Waals surface area (Å²) in [6, 6.07) is 0. The van der Waals surface area contributed by atoms with Crippen molar-refractivity contribution in [2.45, 2.75) is 48.6 Å². The second-order valence-corrected chi connectivity index (χ2v) is 11.3. The van der Waals surface area contributed by atoms with Crippen LogP contribution in [0.25, 0.3) is 0 Å². The molecule has 1 aliphatic carbocycles. The maximum atomic E-state index is 12.4. The van der Waals surface area contributed by atoms with Gasteiger partial charge in [0.05, 0.1) is 0 Å². The van der Waals surface area contributed by atoms with E-state index in [1.807, 2.05) is 0 Å². The fourth-order valence-corrected chi connectivity index (χ4v) is 10.4. The average Bonchev–Trinajstić information content (AvgIpc) is 2.90. The predicted octanol–water partition coefficient (Wildman–Crippen LogP) is -3.94. The summed E-state index contributed by atoms with van der Waals surface area (Å²) in [6.45, 7) is 4.42. The van der Waals surface area contributed by atoms with Crippen LogP contribution >= 0.6 is 0 Å². The molecule has 4 heteroatoms. The zero-order chi connectivity index (χ0) is 12.5. The van der Waals surface area contributed by atoms with E-state index in [1.54, 1.807) is 0 Å². The van der Waals surface area contributed by atoms with E-state index < -0.39 is 0 Å². The molecule has 0 aromatic heterocycles. The fraction of sp³-hybridized carbons (Fsp3) is 0.923. The summed E-state index contributed by atoms with van der Waals surface area (Å²) in [7, 11) is 0. The summed E-state index contributed by atoms with van der Waals surface area (Å²) >= 11 is 0.350. The van der Waals surface area contributed by atoms with Gasteiger partial charge >= 0.3 is 126 Å². The van der Waals surface area contributed by atoms with Gasteiger partial charge in [0.15, 0.2) is 0 Å². The molecule has 2 fully saturated rings. The average molecular weight is 464 g/mol. The van der Waals surface area contributed by atoms with Crippen molar-refractivity contribution in [1.82, 2.24) is 0 Å². The predicted molar refractivity (Wildman–Crippen MR) is 60.5 cm³/mol. The third-order valence-corrected chi connectivity index (χ3v) is 10.9. The zero-order valence-corrected chi connectivity index (χ0v) is 15.2. The summed E-state index contributed by atoms with van der Waals surface area (Å²) in [5.74, 6) is 0.654. The van der Waals surface area contributed by atoms with Crippen LogP contribution in [0, 0.1) is 5.92 Å². The van der Waals surface area contributed by atoms with Crippen molar-refractivity contribution in [2.75, 3.05) is 13.8 Å². The first kappa shape index (κ1) is 14.3. The molecule has 17 heavy (non-hydrogen) atoms. The number of ether oxygens (including phenoxy) is 1. The van der Waals surface area contributed by atoms with E-state index in [4.69, 9.17) is 4.74 Å². The van der Waals surface area contributed by atoms with Crippen molar-refractivity contribution in [3.8, 4) is 0 Å². The molecule has 0 N–H and O–H groups in total. The van der Waals surface area contributed by atoms with Gasteiger partial charge in [-0.2, -0.15) is 0 Å². The van der Waals surface area contributed by atoms with Crippen LogP contribution in [0.2, 0.25) is 0 Å². The molecule has 2 aliphatic rings. The van der Waals surface area contributed by atoms with Crippen LogP contribution in [-0.4, -0.2) is 28.8 Å². The third-order valence-electron chi connectivity index (χ3n) is 3.97. The standard InChI is InChI=1S/C13H22I2O2/c1-10(2)13(6-4-5-7-13)17-11(16)12(8-14-3)9-15-12/h10H,4-9H2,1-3H3/q-2. The Balaban J connectivity index is 2.01. The number of esters is 1. The van der Waals surface area contributed by atoms with Crippen LogP contribution in [0.15, 0.2) is 0 Å². The summed E-state index contributed by atoms with van der Waals surface area (Å²) in [5, 5.41) is 0. The Morgan fingerprint density at radius 2 is 2.00 bits per heavy atom. The zero-order valence-electron chi connectivity index (χ0n) is 10.9. The first-order chi connectivity index (χ1) is 8.05. The summed E-state index contributed by atoms with van der Waals surface area (Å²) in [4.78, 5) is 14.7. The van der Waals surface area contributed by atoms with Crippen molar-refractivity contribution >= 4 is 5.97 Å². The van der Waals surface area contributed by atoms with Crippen LogP contribution in [-0.2, 0) is 9.53 Å². The van der Waals surface area contributed by atoms with E-state index >= 15 is 0 Å². The first-order valence-corrected chi connectivity index (χ1v) is 12.6. The van der Waals surface area contributed by atoms with Gasteiger partial charge < -0.3 is 0 Å². The molecular weight excluding hydrogens is 442 g/mol. The molecule has 0 aromatic carbocycles. The monoisotopic (exact) mass is 464 g/mol. The number of hydrogen-bond acceptors (Lipinski definition) is 2. The Morgan fingerprint density at radius 3 is 2.41 bits per heavy atom. The minimum atomic E-state index is -0.109. The Bertz CT molecular complexity index is 292. The molecule has 2 nitrogen and oxygen atoms in total. The van der Waals surface area contributed by atoms with Crippen molar-refractivity contribution in [1.29, 1.82) is 0 Å². The number of carbonyl (C=O) groups excluding carboxylic acids is 1. The van der Waals surface area contributed by atoms with E-state index in [1.165, 1.54) is 21.7 Å². The van der Waals surface area contributed by atoms with Crippen LogP contribution in [0.3, 0.4) is 0 Å². The molecule has 1 aliphatic heterocycles. The number of alkyl halides is 4. The molecule has 1 unspecified atom stereocenters. The molecule has 102 valence electrons. The van der Waals surface area contributed by atoms with E-state index in [-0.39, 0.29) is 57.4 Å². The van der Waals surface area contributed by atoms with E-state index in [0.717, 1.165) is 12.8 Å². The van der Waals surface area contributed by atoms with Gasteiger partial charge in [0.2, 0.25) is 0 Å². The fourth-order valence-electron chi connectivity index (χ4n) is 2.57. The van der Waals surface area contributed by atoms with Gasteiger partial charge in [-0.05, 0) is 0 Å². The topological polar surface area (TPSA) is 26.3 Å². The molecule has 0 bridgehead atoms. The normalized spacial score (nSPS) is 31.3. The van der Waals surface area contributed by atoms with Crippen LogP contribution in [0.4, 0.5) is 0 Å². The third kappa shape index (κ3) is 2.92. The van der Waals surface area contributed by atoms with Crippen molar-refractivity contribution in [3.05, 3.63) is 0 Å². The molecule has 1 saturated carbocycles. The van der Waals surface area contributed by atoms with E-state index in [9.17, 15) is 4.79 Å². The van der Waals surface area contributed by atoms with Crippen molar-refractivity contribution in [2.24, 2.45) is 5.92 Å². The van der Waals surface area contributed by atoms with Gasteiger partial charge in [-0.3, -0.25) is 0 Å². The molecular formula is C13H22I2O2-2. The van der Waals surface area contributed by atoms with Gasteiger partial charge in [-0.1, -0.05) is 0 Å². The maximum absolute atomic E-state index is 12.4. The quantitative estimate of drug-likeness (QED) is 0.236. The Morgan fingerprint density at radius 1 is 1.41 bits per heavy atom. The van der Waals surface area contributed by atoms with Crippen molar-refractivity contribution in [3.63, 3.8) is 0 Å². The minimum absolute atomic E-state index is 0.0748. The first-order valence-electron chi connectivity index (χ1n) is 6.32. The molecule has 0 spiro atoms. The summed E-state index contributed by atoms with van der Waals surface area (Å²) in [6.07, 6.45) is 4.64. The van der Waals surface area contributed by atoms with E-state index in [0.29, 0.717) is 5.92 Å². The van der Waals surface area contributed by atoms with Crippen molar-refractivity contribution < 1.29 is 51.9 Å². The molecule has 2 rings (SSSR count). The molecule has 0 aromatic rings. The van der Waals surface area contributed by atoms with Gasteiger partial charge in [-0.15, -0.1) is 0 Å². The number of rotatable bonds is 5. The summed E-state index contributed by atoms with van der Waals surface area (Å²) < 4.78 is 8.48. The van der Waals surface area contributed by atoms with Gasteiger partial charge in [-0.25, -0.2) is 0 Å². The molecule has 1 atom stereocenters. The Hall–Kier alpha value is 0.930. The molecule has 0 radical (unpaired) electrons. The number of halogens is 2. The molecule has 0 amide bonds. The summed E-state index contributed by atoms with van der Waals surface area (Å²) in [5.41, 5.74) is -0.109. The Labute approximate surface area is 125 Å². The van der Waals surface area contributed by atoms with Gasteiger partial charge in [0.1, 0.15) is 0 Å². The number of carbonyl (C=O) groups is 1. The van der Waals surface area contributed by atoms with Crippen LogP contribution in [0.1, 0.15) is 39.5 Å². The van der Waals surface area contributed by atoms with Gasteiger partial charge in [0.25, 0.3) is 0 Å². The SMILES string of the molecule is C[I-]CC1(C(=O)OC2(C(C)C)CCCC2)C[I-]1. The van der Waals surface area contributed by atoms with Gasteiger partial charge in [0, 0.05) is 0 Å². The van der Waals surface area contributed by atoms with E-state index in [2.05, 4.69) is 18.8 Å².